The van der Waals surface area contributed by atoms with Crippen molar-refractivity contribution in [3.05, 3.63) is 89.8 Å². The Labute approximate surface area is 182 Å². The lowest BCUT2D eigenvalue weighted by atomic mass is 10.1. The van der Waals surface area contributed by atoms with Gasteiger partial charge in [-0.3, -0.25) is 4.90 Å². The third-order valence-corrected chi connectivity index (χ3v) is 5.81. The average molecular weight is 422 g/mol. The van der Waals surface area contributed by atoms with Gasteiger partial charge in [0.25, 0.3) is 0 Å². The maximum atomic E-state index is 13.4. The largest absolute Gasteiger partial charge is 0.336 e. The Kier molecular flexibility index (Phi) is 6.62. The number of urea groups is 1. The van der Waals surface area contributed by atoms with Crippen molar-refractivity contribution >= 4 is 6.03 Å². The number of rotatable bonds is 6. The topological polar surface area (TPSA) is 53.4 Å². The molecule has 1 aliphatic heterocycles. The van der Waals surface area contributed by atoms with E-state index in [1.165, 1.54) is 17.7 Å². The van der Waals surface area contributed by atoms with E-state index in [-0.39, 0.29) is 11.8 Å². The number of piperazine rings is 1. The summed E-state index contributed by atoms with van der Waals surface area (Å²) in [5.41, 5.74) is 2.13. The average Bonchev–Trinajstić information content (AvgIpc) is 3.23. The number of amides is 2. The minimum atomic E-state index is -0.441. The lowest BCUT2D eigenvalue weighted by Crippen LogP contribution is -2.52. The van der Waals surface area contributed by atoms with Crippen LogP contribution in [0.15, 0.2) is 67.0 Å². The van der Waals surface area contributed by atoms with Crippen LogP contribution in [0.5, 0.6) is 0 Å². The summed E-state index contributed by atoms with van der Waals surface area (Å²) in [5, 5.41) is 3.10. The fourth-order valence-corrected chi connectivity index (χ4v) is 3.93. The van der Waals surface area contributed by atoms with Gasteiger partial charge in [-0.2, -0.15) is 0 Å². The molecule has 1 aromatic heterocycles. The minimum Gasteiger partial charge on any atom is -0.336 e. The monoisotopic (exact) mass is 421 g/mol. The Morgan fingerprint density at radius 3 is 2.42 bits per heavy atom. The van der Waals surface area contributed by atoms with Crippen LogP contribution in [-0.2, 0) is 13.5 Å². The molecule has 4 rings (SSSR count). The third kappa shape index (κ3) is 5.30. The summed E-state index contributed by atoms with van der Waals surface area (Å²) in [7, 11) is 1.89. The van der Waals surface area contributed by atoms with Crippen LogP contribution in [-0.4, -0.2) is 58.1 Å². The van der Waals surface area contributed by atoms with E-state index in [4.69, 9.17) is 0 Å². The molecule has 0 bridgehead atoms. The molecule has 2 amide bonds. The highest BCUT2D eigenvalue weighted by atomic mass is 19.1. The maximum absolute atomic E-state index is 13.4. The van der Waals surface area contributed by atoms with Gasteiger partial charge in [0.15, 0.2) is 0 Å². The van der Waals surface area contributed by atoms with Gasteiger partial charge >= 0.3 is 6.03 Å². The lowest BCUT2D eigenvalue weighted by Gasteiger charge is -2.35. The molecule has 1 N–H and O–H groups in total. The Morgan fingerprint density at radius 2 is 1.77 bits per heavy atom. The number of nitrogens with one attached hydrogen (secondary N) is 1. The smallest absolute Gasteiger partial charge is 0.318 e. The number of hydrogen-bond donors (Lipinski definition) is 1. The van der Waals surface area contributed by atoms with Crippen molar-refractivity contribution in [2.24, 2.45) is 7.05 Å². The normalized spacial score (nSPS) is 15.6. The maximum Gasteiger partial charge on any atom is 0.318 e. The van der Waals surface area contributed by atoms with Crippen molar-refractivity contribution in [3.63, 3.8) is 0 Å². The summed E-state index contributed by atoms with van der Waals surface area (Å²) in [6.07, 6.45) is 4.55. The molecule has 1 atom stereocenters. The Balaban J connectivity index is 1.36. The summed E-state index contributed by atoms with van der Waals surface area (Å²) in [6.45, 7) is 4.05. The molecule has 0 spiro atoms. The number of carbonyl (C=O) groups excluding carboxylic acids is 1. The lowest BCUT2D eigenvalue weighted by molar-refractivity contribution is 0.138. The van der Waals surface area contributed by atoms with Crippen LogP contribution < -0.4 is 5.32 Å². The summed E-state index contributed by atoms with van der Waals surface area (Å²) < 4.78 is 15.3. The number of imidazole rings is 1. The highest BCUT2D eigenvalue weighted by Crippen LogP contribution is 2.21. The van der Waals surface area contributed by atoms with E-state index in [1.807, 2.05) is 28.8 Å². The first-order chi connectivity index (χ1) is 15.1. The molecule has 31 heavy (non-hydrogen) atoms. The number of halogens is 1. The molecule has 2 heterocycles. The van der Waals surface area contributed by atoms with E-state index in [9.17, 15) is 9.18 Å². The molecule has 0 aliphatic carbocycles. The van der Waals surface area contributed by atoms with Crippen molar-refractivity contribution in [3.8, 4) is 0 Å². The van der Waals surface area contributed by atoms with Gasteiger partial charge in [-0.05, 0) is 29.7 Å². The predicted octanol–water partition coefficient (Wildman–Crippen LogP) is 3.22. The molecule has 2 aromatic carbocycles. The van der Waals surface area contributed by atoms with Gasteiger partial charge in [0.2, 0.25) is 0 Å². The van der Waals surface area contributed by atoms with Crippen LogP contribution in [0.1, 0.15) is 23.0 Å². The van der Waals surface area contributed by atoms with Crippen LogP contribution in [0.25, 0.3) is 0 Å². The van der Waals surface area contributed by atoms with Gasteiger partial charge in [-0.25, -0.2) is 14.2 Å². The van der Waals surface area contributed by atoms with Gasteiger partial charge in [0.1, 0.15) is 17.7 Å². The molecular weight excluding hydrogens is 393 g/mol. The van der Waals surface area contributed by atoms with E-state index in [2.05, 4.69) is 39.5 Å². The Morgan fingerprint density at radius 1 is 1.06 bits per heavy atom. The van der Waals surface area contributed by atoms with E-state index in [1.54, 1.807) is 18.3 Å². The van der Waals surface area contributed by atoms with Crippen LogP contribution in [0, 0.1) is 5.82 Å². The van der Waals surface area contributed by atoms with Gasteiger partial charge in [0, 0.05) is 52.2 Å². The van der Waals surface area contributed by atoms with Gasteiger partial charge in [-0.1, -0.05) is 42.5 Å². The molecule has 7 heteroatoms. The third-order valence-electron chi connectivity index (χ3n) is 5.81. The molecule has 1 unspecified atom stereocenters. The molecule has 0 radical (unpaired) electrons. The number of benzene rings is 2. The predicted molar refractivity (Wildman–Crippen MR) is 118 cm³/mol. The molecule has 1 saturated heterocycles. The SMILES string of the molecule is Cn1ccnc1C(NC(=O)N1CCN(CCc2ccccc2)CC1)c1ccc(F)cc1. The quantitative estimate of drug-likeness (QED) is 0.665. The zero-order valence-corrected chi connectivity index (χ0v) is 17.7. The fraction of sp³-hybridized carbons (Fsp3) is 0.333. The highest BCUT2D eigenvalue weighted by molar-refractivity contribution is 5.75. The van der Waals surface area contributed by atoms with Crippen LogP contribution in [0.3, 0.4) is 0 Å². The summed E-state index contributed by atoms with van der Waals surface area (Å²) in [5.74, 6) is 0.404. The minimum absolute atomic E-state index is 0.125. The summed E-state index contributed by atoms with van der Waals surface area (Å²) >= 11 is 0. The molecule has 0 saturated carbocycles. The van der Waals surface area contributed by atoms with Crippen LogP contribution in [0.2, 0.25) is 0 Å². The van der Waals surface area contributed by atoms with Crippen LogP contribution in [0.4, 0.5) is 9.18 Å². The van der Waals surface area contributed by atoms with Gasteiger partial charge in [0.05, 0.1) is 0 Å². The number of nitrogens with zero attached hydrogens (tertiary/aromatic N) is 4. The zero-order valence-electron chi connectivity index (χ0n) is 17.7. The summed E-state index contributed by atoms with van der Waals surface area (Å²) in [4.78, 5) is 21.7. The second-order valence-electron chi connectivity index (χ2n) is 7.89. The Bertz CT molecular complexity index is 981. The molecule has 1 fully saturated rings. The van der Waals surface area contributed by atoms with E-state index < -0.39 is 6.04 Å². The molecular formula is C24H28FN5O. The zero-order chi connectivity index (χ0) is 21.6. The van der Waals surface area contributed by atoms with E-state index >= 15 is 0 Å². The number of aryl methyl sites for hydroxylation is 1. The first-order valence-electron chi connectivity index (χ1n) is 10.6. The standard InChI is InChI=1S/C24H28FN5O/c1-28-14-12-26-23(28)22(20-7-9-21(25)10-8-20)27-24(31)30-17-15-29(16-18-30)13-11-19-5-3-2-4-6-19/h2-10,12,14,22H,11,13,15-18H2,1H3,(H,27,31). The highest BCUT2D eigenvalue weighted by Gasteiger charge is 2.26. The van der Waals surface area contributed by atoms with Crippen molar-refractivity contribution < 1.29 is 9.18 Å². The van der Waals surface area contributed by atoms with Gasteiger partial charge < -0.3 is 14.8 Å². The number of aromatic nitrogens is 2. The first-order valence-corrected chi connectivity index (χ1v) is 10.6. The number of hydrogen-bond acceptors (Lipinski definition) is 3. The van der Waals surface area contributed by atoms with Crippen molar-refractivity contribution in [1.82, 2.24) is 24.7 Å². The molecule has 6 nitrogen and oxygen atoms in total. The fourth-order valence-electron chi connectivity index (χ4n) is 3.93. The summed E-state index contributed by atoms with van der Waals surface area (Å²) in [6, 6.07) is 16.1. The van der Waals surface area contributed by atoms with Crippen LogP contribution >= 0.6 is 0 Å². The van der Waals surface area contributed by atoms with Gasteiger partial charge in [-0.15, -0.1) is 0 Å². The molecule has 162 valence electrons. The molecule has 3 aromatic rings. The van der Waals surface area contributed by atoms with E-state index in [0.29, 0.717) is 18.9 Å². The van der Waals surface area contributed by atoms with E-state index in [0.717, 1.165) is 31.6 Å². The Hall–Kier alpha value is -3.19. The number of carbonyl (C=O) groups is 1. The first kappa shape index (κ1) is 21.1. The van der Waals surface area contributed by atoms with Crippen molar-refractivity contribution in [2.45, 2.75) is 12.5 Å². The second kappa shape index (κ2) is 9.75. The van der Waals surface area contributed by atoms with Crippen molar-refractivity contribution in [1.29, 1.82) is 0 Å². The second-order valence-corrected chi connectivity index (χ2v) is 7.89. The van der Waals surface area contributed by atoms with Crippen molar-refractivity contribution in [2.75, 3.05) is 32.7 Å². The molecule has 1 aliphatic rings.